The Morgan fingerprint density at radius 3 is 2.59 bits per heavy atom. The van der Waals surface area contributed by atoms with Gasteiger partial charge in [-0.15, -0.1) is 0 Å². The van der Waals surface area contributed by atoms with E-state index in [4.69, 9.17) is 0 Å². The monoisotopic (exact) mass is 299 g/mol. The summed E-state index contributed by atoms with van der Waals surface area (Å²) >= 11 is 0. The van der Waals surface area contributed by atoms with Crippen LogP contribution in [0.2, 0.25) is 0 Å². The minimum absolute atomic E-state index is 0.329. The van der Waals surface area contributed by atoms with E-state index in [2.05, 4.69) is 0 Å². The lowest BCUT2D eigenvalue weighted by atomic mass is 9.87. The Balaban J connectivity index is 2.11. The van der Waals surface area contributed by atoms with Gasteiger partial charge in [-0.2, -0.15) is 0 Å². The molecule has 1 amide bonds. The summed E-state index contributed by atoms with van der Waals surface area (Å²) in [5.41, 5.74) is 0.955. The van der Waals surface area contributed by atoms with Crippen LogP contribution in [0, 0.1) is 5.82 Å². The number of amides is 1. The molecule has 1 aliphatic rings. The average Bonchev–Trinajstić information content (AvgIpc) is 2.91. The van der Waals surface area contributed by atoms with Gasteiger partial charge in [0.2, 0.25) is 0 Å². The second kappa shape index (κ2) is 5.44. The van der Waals surface area contributed by atoms with Crippen LogP contribution in [0.5, 0.6) is 0 Å². The van der Waals surface area contributed by atoms with Gasteiger partial charge in [-0.25, -0.2) is 9.18 Å². The highest BCUT2D eigenvalue weighted by Crippen LogP contribution is 2.41. The van der Waals surface area contributed by atoms with Crippen molar-refractivity contribution in [3.63, 3.8) is 0 Å². The number of carboxylic acid groups (broad SMARTS) is 1. The van der Waals surface area contributed by atoms with Crippen LogP contribution in [0.15, 0.2) is 48.5 Å². The number of hydrogen-bond donors (Lipinski definition) is 1. The molecule has 1 aliphatic heterocycles. The van der Waals surface area contributed by atoms with Gasteiger partial charge in [-0.1, -0.05) is 48.5 Å². The van der Waals surface area contributed by atoms with Gasteiger partial charge in [-0.3, -0.25) is 4.90 Å². The van der Waals surface area contributed by atoms with Crippen LogP contribution < -0.4 is 0 Å². The normalized spacial score (nSPS) is 21.1. The summed E-state index contributed by atoms with van der Waals surface area (Å²) < 4.78 is 15.1. The summed E-state index contributed by atoms with van der Waals surface area (Å²) in [7, 11) is 0. The predicted octanol–water partition coefficient (Wildman–Crippen LogP) is 4.48. The van der Waals surface area contributed by atoms with Gasteiger partial charge in [0.05, 0.1) is 5.54 Å². The van der Waals surface area contributed by atoms with Crippen molar-refractivity contribution in [1.29, 1.82) is 0 Å². The molecule has 2 aromatic rings. The Morgan fingerprint density at radius 1 is 1.18 bits per heavy atom. The first-order valence-electron chi connectivity index (χ1n) is 7.39. The molecular formula is C18H18FNO2. The molecule has 0 bridgehead atoms. The smallest absolute Gasteiger partial charge is 0.408 e. The van der Waals surface area contributed by atoms with E-state index in [-0.39, 0.29) is 5.82 Å². The molecule has 1 unspecified atom stereocenters. The van der Waals surface area contributed by atoms with Gasteiger partial charge >= 0.3 is 6.09 Å². The number of halogens is 1. The van der Waals surface area contributed by atoms with E-state index in [0.29, 0.717) is 24.1 Å². The minimum Gasteiger partial charge on any atom is -0.465 e. The third-order valence-corrected chi connectivity index (χ3v) is 4.54. The Labute approximate surface area is 129 Å². The van der Waals surface area contributed by atoms with E-state index in [0.717, 1.165) is 12.0 Å². The standard InChI is InChI=1S/C18H18FNO2/c1-18(11-6-12-20(18)17(21)22)15-10-5-9-14(16(15)19)13-7-3-2-4-8-13/h2-5,7-10H,6,11-12H2,1H3,(H,21,22). The van der Waals surface area contributed by atoms with Gasteiger partial charge in [0.25, 0.3) is 0 Å². The molecule has 2 aromatic carbocycles. The van der Waals surface area contributed by atoms with E-state index in [1.54, 1.807) is 25.1 Å². The van der Waals surface area contributed by atoms with E-state index >= 15 is 4.39 Å². The van der Waals surface area contributed by atoms with E-state index in [1.165, 1.54) is 4.90 Å². The Morgan fingerprint density at radius 2 is 1.91 bits per heavy atom. The van der Waals surface area contributed by atoms with Crippen LogP contribution in [0.25, 0.3) is 11.1 Å². The number of carbonyl (C=O) groups is 1. The molecule has 1 heterocycles. The van der Waals surface area contributed by atoms with Gasteiger partial charge in [0, 0.05) is 17.7 Å². The van der Waals surface area contributed by atoms with Crippen LogP contribution >= 0.6 is 0 Å². The first kappa shape index (κ1) is 14.6. The summed E-state index contributed by atoms with van der Waals surface area (Å²) in [6.07, 6.45) is 0.385. The van der Waals surface area contributed by atoms with Crippen molar-refractivity contribution in [1.82, 2.24) is 4.90 Å². The van der Waals surface area contributed by atoms with Crippen LogP contribution in [0.3, 0.4) is 0 Å². The average molecular weight is 299 g/mol. The summed E-state index contributed by atoms with van der Waals surface area (Å²) in [6.45, 7) is 2.25. The maximum Gasteiger partial charge on any atom is 0.408 e. The maximum atomic E-state index is 15.1. The molecule has 114 valence electrons. The van der Waals surface area contributed by atoms with Crippen LogP contribution in [0.1, 0.15) is 25.3 Å². The van der Waals surface area contributed by atoms with Crippen molar-refractivity contribution >= 4 is 6.09 Å². The fourth-order valence-corrected chi connectivity index (χ4v) is 3.34. The summed E-state index contributed by atoms with van der Waals surface area (Å²) in [5.74, 6) is -0.329. The molecule has 1 atom stereocenters. The highest BCUT2D eigenvalue weighted by molar-refractivity contribution is 5.69. The highest BCUT2D eigenvalue weighted by atomic mass is 19.1. The summed E-state index contributed by atoms with van der Waals surface area (Å²) in [6, 6.07) is 14.5. The highest BCUT2D eigenvalue weighted by Gasteiger charge is 2.43. The fraction of sp³-hybridized carbons (Fsp3) is 0.278. The first-order valence-corrected chi connectivity index (χ1v) is 7.39. The van der Waals surface area contributed by atoms with Gasteiger partial charge in [-0.05, 0) is 25.3 Å². The van der Waals surface area contributed by atoms with E-state index in [9.17, 15) is 9.90 Å². The summed E-state index contributed by atoms with van der Waals surface area (Å²) in [4.78, 5) is 12.8. The minimum atomic E-state index is -0.996. The second-order valence-corrected chi connectivity index (χ2v) is 5.84. The molecular weight excluding hydrogens is 281 g/mol. The lowest BCUT2D eigenvalue weighted by Gasteiger charge is -2.34. The second-order valence-electron chi connectivity index (χ2n) is 5.84. The largest absolute Gasteiger partial charge is 0.465 e. The third-order valence-electron chi connectivity index (χ3n) is 4.54. The Bertz CT molecular complexity index is 701. The third kappa shape index (κ3) is 2.25. The predicted molar refractivity (Wildman–Crippen MR) is 83.2 cm³/mol. The van der Waals surface area contributed by atoms with Gasteiger partial charge in [0.15, 0.2) is 0 Å². The van der Waals surface area contributed by atoms with E-state index < -0.39 is 11.6 Å². The Kier molecular flexibility index (Phi) is 3.61. The Hall–Kier alpha value is -2.36. The zero-order chi connectivity index (χ0) is 15.7. The van der Waals surface area contributed by atoms with Gasteiger partial charge < -0.3 is 5.11 Å². The number of benzene rings is 2. The van der Waals surface area contributed by atoms with Crippen molar-refractivity contribution in [2.45, 2.75) is 25.3 Å². The van der Waals surface area contributed by atoms with Crippen LogP contribution in [-0.2, 0) is 5.54 Å². The molecule has 0 spiro atoms. The van der Waals surface area contributed by atoms with Gasteiger partial charge in [0.1, 0.15) is 5.82 Å². The lowest BCUT2D eigenvalue weighted by Crippen LogP contribution is -2.42. The number of rotatable bonds is 2. The van der Waals surface area contributed by atoms with Crippen molar-refractivity contribution in [3.8, 4) is 11.1 Å². The maximum absolute atomic E-state index is 15.1. The molecule has 4 heteroatoms. The first-order chi connectivity index (χ1) is 10.5. The molecule has 0 radical (unpaired) electrons. The number of hydrogen-bond acceptors (Lipinski definition) is 1. The van der Waals surface area contributed by atoms with E-state index in [1.807, 2.05) is 30.3 Å². The van der Waals surface area contributed by atoms with Crippen molar-refractivity contribution < 1.29 is 14.3 Å². The van der Waals surface area contributed by atoms with Crippen molar-refractivity contribution in [2.75, 3.05) is 6.54 Å². The zero-order valence-corrected chi connectivity index (χ0v) is 12.4. The molecule has 3 nitrogen and oxygen atoms in total. The van der Waals surface area contributed by atoms with Crippen LogP contribution in [-0.4, -0.2) is 22.6 Å². The fourth-order valence-electron chi connectivity index (χ4n) is 3.34. The molecule has 0 aromatic heterocycles. The topological polar surface area (TPSA) is 40.5 Å². The van der Waals surface area contributed by atoms with Crippen LogP contribution in [0.4, 0.5) is 9.18 Å². The summed E-state index contributed by atoms with van der Waals surface area (Å²) in [5, 5.41) is 9.39. The molecule has 0 saturated carbocycles. The zero-order valence-electron chi connectivity index (χ0n) is 12.4. The molecule has 22 heavy (non-hydrogen) atoms. The number of likely N-dealkylation sites (tertiary alicyclic amines) is 1. The SMILES string of the molecule is CC1(c2cccc(-c3ccccc3)c2F)CCCN1C(=O)O. The number of nitrogens with zero attached hydrogens (tertiary/aromatic N) is 1. The quantitative estimate of drug-likeness (QED) is 0.888. The van der Waals surface area contributed by atoms with Crippen molar-refractivity contribution in [2.24, 2.45) is 0 Å². The molecule has 1 N–H and O–H groups in total. The molecule has 1 fully saturated rings. The molecule has 1 saturated heterocycles. The molecule has 0 aliphatic carbocycles. The lowest BCUT2D eigenvalue weighted by molar-refractivity contribution is 0.108. The molecule has 3 rings (SSSR count). The van der Waals surface area contributed by atoms with Crippen molar-refractivity contribution in [3.05, 3.63) is 59.9 Å².